The van der Waals surface area contributed by atoms with Crippen LogP contribution in [0.2, 0.25) is 0 Å². The molecule has 2 aromatic heterocycles. The molecule has 0 bridgehead atoms. The second-order valence-electron chi connectivity index (χ2n) is 6.03. The Hall–Kier alpha value is -2.37. The van der Waals surface area contributed by atoms with Crippen molar-refractivity contribution in [2.45, 2.75) is 12.3 Å². The molecule has 0 saturated heterocycles. The zero-order chi connectivity index (χ0) is 15.9. The number of carbonyl (C=O) groups is 1. The van der Waals surface area contributed by atoms with Gasteiger partial charge in [0.15, 0.2) is 5.82 Å². The molecule has 1 aliphatic rings. The van der Waals surface area contributed by atoms with Gasteiger partial charge in [0.1, 0.15) is 0 Å². The van der Waals surface area contributed by atoms with E-state index in [4.69, 9.17) is 0 Å². The van der Waals surface area contributed by atoms with Crippen molar-refractivity contribution in [1.82, 2.24) is 14.8 Å². The van der Waals surface area contributed by atoms with E-state index in [9.17, 15) is 4.79 Å². The van der Waals surface area contributed by atoms with Gasteiger partial charge >= 0.3 is 0 Å². The van der Waals surface area contributed by atoms with E-state index in [1.54, 1.807) is 15.8 Å². The monoisotopic (exact) mass is 299 g/mol. The third kappa shape index (κ3) is 2.56. The van der Waals surface area contributed by atoms with Crippen LogP contribution in [0.1, 0.15) is 17.9 Å². The topological polar surface area (TPSA) is 54.3 Å². The molecule has 6 nitrogen and oxygen atoms in total. The zero-order valence-corrected chi connectivity index (χ0v) is 13.4. The maximum atomic E-state index is 12.7. The van der Waals surface area contributed by atoms with E-state index in [0.29, 0.717) is 5.92 Å². The molecular weight excluding hydrogens is 278 g/mol. The van der Waals surface area contributed by atoms with Crippen molar-refractivity contribution in [3.63, 3.8) is 0 Å². The summed E-state index contributed by atoms with van der Waals surface area (Å²) in [7, 11) is 7.58. The highest BCUT2D eigenvalue weighted by Gasteiger charge is 2.46. The minimum absolute atomic E-state index is 0.0458. The van der Waals surface area contributed by atoms with Crippen LogP contribution in [-0.2, 0) is 11.8 Å². The first-order valence-corrected chi connectivity index (χ1v) is 7.37. The molecule has 2 heterocycles. The van der Waals surface area contributed by atoms with Crippen LogP contribution in [0.5, 0.6) is 0 Å². The van der Waals surface area contributed by atoms with Crippen LogP contribution in [0, 0.1) is 5.92 Å². The fourth-order valence-corrected chi connectivity index (χ4v) is 2.83. The SMILES string of the molecule is CN(C)c1ncccc1N(C)C(=O)[C@@H]1C[C@H]1c1cnn(C)c1. The predicted octanol–water partition coefficient (Wildman–Crippen LogP) is 1.65. The van der Waals surface area contributed by atoms with Crippen LogP contribution in [0.15, 0.2) is 30.7 Å². The van der Waals surface area contributed by atoms with Crippen LogP contribution in [0.4, 0.5) is 11.5 Å². The Morgan fingerprint density at radius 2 is 2.14 bits per heavy atom. The van der Waals surface area contributed by atoms with Crippen molar-refractivity contribution in [3.8, 4) is 0 Å². The van der Waals surface area contributed by atoms with Crippen LogP contribution in [0.3, 0.4) is 0 Å². The molecule has 0 unspecified atom stereocenters. The van der Waals surface area contributed by atoms with Crippen LogP contribution in [0.25, 0.3) is 0 Å². The molecule has 116 valence electrons. The minimum atomic E-state index is 0.0458. The first-order valence-electron chi connectivity index (χ1n) is 7.37. The predicted molar refractivity (Wildman–Crippen MR) is 86.0 cm³/mol. The van der Waals surface area contributed by atoms with Gasteiger partial charge in [-0.15, -0.1) is 0 Å². The molecule has 0 aliphatic heterocycles. The van der Waals surface area contributed by atoms with Crippen LogP contribution in [-0.4, -0.2) is 41.8 Å². The van der Waals surface area contributed by atoms with Crippen molar-refractivity contribution in [2.75, 3.05) is 30.9 Å². The summed E-state index contributed by atoms with van der Waals surface area (Å²) >= 11 is 0. The molecule has 1 aliphatic carbocycles. The highest BCUT2D eigenvalue weighted by atomic mass is 16.2. The average Bonchev–Trinajstić information content (AvgIpc) is 3.20. The number of carbonyl (C=O) groups excluding carboxylic acids is 1. The Labute approximate surface area is 130 Å². The number of hydrogen-bond acceptors (Lipinski definition) is 4. The van der Waals surface area contributed by atoms with Gasteiger partial charge < -0.3 is 9.80 Å². The van der Waals surface area contributed by atoms with E-state index in [2.05, 4.69) is 10.1 Å². The molecule has 2 atom stereocenters. The highest BCUT2D eigenvalue weighted by Crippen LogP contribution is 2.48. The third-order valence-corrected chi connectivity index (χ3v) is 4.14. The number of aryl methyl sites for hydroxylation is 1. The Morgan fingerprint density at radius 1 is 1.36 bits per heavy atom. The number of nitrogens with zero attached hydrogens (tertiary/aromatic N) is 5. The number of aromatic nitrogens is 3. The number of pyridine rings is 1. The van der Waals surface area contributed by atoms with Gasteiger partial charge in [-0.1, -0.05) is 0 Å². The maximum Gasteiger partial charge on any atom is 0.230 e. The number of rotatable bonds is 4. The van der Waals surface area contributed by atoms with Gasteiger partial charge in [0.2, 0.25) is 5.91 Å². The standard InChI is InChI=1S/C16H21N5O/c1-19(2)15-14(6-5-7-17-15)21(4)16(22)13-8-12(13)11-9-18-20(3)10-11/h5-7,9-10,12-13H,8H2,1-4H3/t12-,13+/m0/s1. The van der Waals surface area contributed by atoms with E-state index in [-0.39, 0.29) is 11.8 Å². The van der Waals surface area contributed by atoms with E-state index in [1.165, 1.54) is 0 Å². The van der Waals surface area contributed by atoms with Gasteiger partial charge in [0, 0.05) is 46.5 Å². The molecule has 0 radical (unpaired) electrons. The summed E-state index contributed by atoms with van der Waals surface area (Å²) in [6.45, 7) is 0. The Bertz CT molecular complexity index is 693. The van der Waals surface area contributed by atoms with E-state index in [0.717, 1.165) is 23.5 Å². The number of anilines is 2. The summed E-state index contributed by atoms with van der Waals surface area (Å²) in [5.74, 6) is 1.29. The molecule has 0 aromatic carbocycles. The van der Waals surface area contributed by atoms with Crippen molar-refractivity contribution in [2.24, 2.45) is 13.0 Å². The zero-order valence-electron chi connectivity index (χ0n) is 13.4. The average molecular weight is 299 g/mol. The highest BCUT2D eigenvalue weighted by molar-refractivity contribution is 5.99. The molecular formula is C16H21N5O. The molecule has 0 N–H and O–H groups in total. The quantitative estimate of drug-likeness (QED) is 0.861. The van der Waals surface area contributed by atoms with Crippen LogP contribution < -0.4 is 9.80 Å². The molecule has 2 aromatic rings. The van der Waals surface area contributed by atoms with Gasteiger partial charge in [-0.3, -0.25) is 9.48 Å². The minimum Gasteiger partial charge on any atom is -0.361 e. The lowest BCUT2D eigenvalue weighted by molar-refractivity contribution is -0.119. The number of hydrogen-bond donors (Lipinski definition) is 0. The molecule has 1 fully saturated rings. The van der Waals surface area contributed by atoms with Gasteiger partial charge in [0.05, 0.1) is 11.9 Å². The van der Waals surface area contributed by atoms with Gasteiger partial charge in [-0.05, 0) is 30.0 Å². The Kier molecular flexibility index (Phi) is 3.60. The normalized spacial score (nSPS) is 19.8. The lowest BCUT2D eigenvalue weighted by atomic mass is 10.2. The van der Waals surface area contributed by atoms with Crippen LogP contribution >= 0.6 is 0 Å². The van der Waals surface area contributed by atoms with Crippen molar-refractivity contribution < 1.29 is 4.79 Å². The van der Waals surface area contributed by atoms with E-state index in [1.807, 2.05) is 57.6 Å². The first-order chi connectivity index (χ1) is 10.5. The maximum absolute atomic E-state index is 12.7. The van der Waals surface area contributed by atoms with E-state index < -0.39 is 0 Å². The Balaban J connectivity index is 1.76. The summed E-state index contributed by atoms with van der Waals surface area (Å²) in [5, 5.41) is 4.19. The number of amides is 1. The fraction of sp³-hybridized carbons (Fsp3) is 0.438. The molecule has 22 heavy (non-hydrogen) atoms. The molecule has 1 saturated carbocycles. The van der Waals surface area contributed by atoms with Crippen molar-refractivity contribution in [1.29, 1.82) is 0 Å². The fourth-order valence-electron chi connectivity index (χ4n) is 2.83. The molecule has 1 amide bonds. The third-order valence-electron chi connectivity index (χ3n) is 4.14. The summed E-state index contributed by atoms with van der Waals surface area (Å²) in [4.78, 5) is 20.7. The Morgan fingerprint density at radius 3 is 2.77 bits per heavy atom. The second kappa shape index (κ2) is 5.44. The smallest absolute Gasteiger partial charge is 0.230 e. The molecule has 6 heteroatoms. The molecule has 3 rings (SSSR count). The summed E-state index contributed by atoms with van der Waals surface area (Å²) < 4.78 is 1.78. The van der Waals surface area contributed by atoms with Gasteiger partial charge in [-0.25, -0.2) is 4.98 Å². The second-order valence-corrected chi connectivity index (χ2v) is 6.03. The van der Waals surface area contributed by atoms with Crippen molar-refractivity contribution in [3.05, 3.63) is 36.3 Å². The lowest BCUT2D eigenvalue weighted by Crippen LogP contribution is -2.30. The summed E-state index contributed by atoms with van der Waals surface area (Å²) in [6, 6.07) is 3.79. The largest absolute Gasteiger partial charge is 0.361 e. The summed E-state index contributed by atoms with van der Waals surface area (Å²) in [5.41, 5.74) is 1.99. The first kappa shape index (κ1) is 14.6. The summed E-state index contributed by atoms with van der Waals surface area (Å²) in [6.07, 6.45) is 6.49. The van der Waals surface area contributed by atoms with Crippen molar-refractivity contribution >= 4 is 17.4 Å². The van der Waals surface area contributed by atoms with E-state index >= 15 is 0 Å². The molecule has 0 spiro atoms. The lowest BCUT2D eigenvalue weighted by Gasteiger charge is -2.23. The van der Waals surface area contributed by atoms with Gasteiger partial charge in [0.25, 0.3) is 0 Å². The van der Waals surface area contributed by atoms with Gasteiger partial charge in [-0.2, -0.15) is 5.10 Å².